The van der Waals surface area contributed by atoms with E-state index in [2.05, 4.69) is 22.2 Å². The van der Waals surface area contributed by atoms with E-state index in [4.69, 9.17) is 5.53 Å². The van der Waals surface area contributed by atoms with Gasteiger partial charge in [0.05, 0.1) is 6.61 Å². The molecule has 0 saturated heterocycles. The molecule has 0 aromatic carbocycles. The summed E-state index contributed by atoms with van der Waals surface area (Å²) in [5, 5.41) is 0. The van der Waals surface area contributed by atoms with Gasteiger partial charge in [-0.2, -0.15) is 4.79 Å². The zero-order valence-corrected chi connectivity index (χ0v) is 12.9. The molecule has 0 rings (SSSR count). The highest BCUT2D eigenvalue weighted by Gasteiger charge is 2.29. The largest absolute Gasteiger partial charge is 0.457 e. The minimum absolute atomic E-state index is 0.136. The first-order chi connectivity index (χ1) is 10.2. The van der Waals surface area contributed by atoms with Gasteiger partial charge in [0.25, 0.3) is 5.78 Å². The van der Waals surface area contributed by atoms with Gasteiger partial charge in [0, 0.05) is 6.42 Å². The molecule has 0 N–H and O–H groups in total. The summed E-state index contributed by atoms with van der Waals surface area (Å²) in [5.74, 6) is -1.38. The molecular formula is C16H24N2O3. The van der Waals surface area contributed by atoms with Gasteiger partial charge in [0.15, 0.2) is 0 Å². The molecule has 0 bridgehead atoms. The molecule has 0 heterocycles. The van der Waals surface area contributed by atoms with E-state index in [1.54, 1.807) is 6.92 Å². The van der Waals surface area contributed by atoms with Gasteiger partial charge in [-0.3, -0.25) is 4.79 Å². The summed E-state index contributed by atoms with van der Waals surface area (Å²) in [7, 11) is 0. The standard InChI is InChI=1S/C16H24N2O3/c1-3-5-6-7-8-9-10-11-12-13-14(19)15(18-17)16(20)21-4-2/h8,10H,3-7,11-13H2,1-2H3. The van der Waals surface area contributed by atoms with E-state index in [-0.39, 0.29) is 13.0 Å². The SMILES string of the molecule is CCCCCC=C=CCCCC(=O)C(=[N+]=[N-])C(=O)OCC. The molecule has 0 atom stereocenters. The molecule has 0 aromatic rings. The van der Waals surface area contributed by atoms with Crippen LogP contribution < -0.4 is 0 Å². The summed E-state index contributed by atoms with van der Waals surface area (Å²) in [6.45, 7) is 3.92. The van der Waals surface area contributed by atoms with Crippen LogP contribution >= 0.6 is 0 Å². The van der Waals surface area contributed by atoms with Crippen molar-refractivity contribution in [2.75, 3.05) is 6.61 Å². The number of allylic oxidation sites excluding steroid dienone is 1. The second-order valence-corrected chi connectivity index (χ2v) is 4.56. The van der Waals surface area contributed by atoms with E-state index in [1.165, 1.54) is 19.3 Å². The maximum atomic E-state index is 11.7. The monoisotopic (exact) mass is 292 g/mol. The van der Waals surface area contributed by atoms with Crippen molar-refractivity contribution in [3.63, 3.8) is 0 Å². The average molecular weight is 292 g/mol. The number of carbonyl (C=O) groups excluding carboxylic acids is 2. The van der Waals surface area contributed by atoms with Crippen molar-refractivity contribution in [3.8, 4) is 0 Å². The quantitative estimate of drug-likeness (QED) is 0.111. The van der Waals surface area contributed by atoms with Crippen LogP contribution in [0.4, 0.5) is 0 Å². The normalized spacial score (nSPS) is 9.24. The zero-order chi connectivity index (χ0) is 15.9. The van der Waals surface area contributed by atoms with Crippen molar-refractivity contribution >= 4 is 17.5 Å². The Hall–Kier alpha value is -1.96. The first kappa shape index (κ1) is 19.0. The molecule has 0 spiro atoms. The van der Waals surface area contributed by atoms with Gasteiger partial charge < -0.3 is 10.3 Å². The Labute approximate surface area is 126 Å². The van der Waals surface area contributed by atoms with E-state index in [0.717, 1.165) is 6.42 Å². The molecule has 0 unspecified atom stereocenters. The van der Waals surface area contributed by atoms with E-state index in [1.807, 2.05) is 12.2 Å². The van der Waals surface area contributed by atoms with Crippen LogP contribution in [-0.2, 0) is 14.3 Å². The lowest BCUT2D eigenvalue weighted by Gasteiger charge is -1.96. The first-order valence-corrected chi connectivity index (χ1v) is 7.49. The summed E-state index contributed by atoms with van der Waals surface area (Å²) in [6, 6.07) is 0. The van der Waals surface area contributed by atoms with Crippen molar-refractivity contribution in [2.24, 2.45) is 0 Å². The van der Waals surface area contributed by atoms with Crippen LogP contribution in [-0.4, -0.2) is 28.9 Å². The first-order valence-electron chi connectivity index (χ1n) is 7.49. The van der Waals surface area contributed by atoms with Gasteiger partial charge in [-0.15, -0.1) is 5.73 Å². The number of rotatable bonds is 11. The fraction of sp³-hybridized carbons (Fsp3) is 0.625. The number of ether oxygens (including phenoxy) is 1. The molecule has 0 fully saturated rings. The van der Waals surface area contributed by atoms with E-state index >= 15 is 0 Å². The van der Waals surface area contributed by atoms with E-state index in [0.29, 0.717) is 12.8 Å². The molecule has 0 aliphatic carbocycles. The molecule has 0 radical (unpaired) electrons. The molecule has 0 saturated carbocycles. The topological polar surface area (TPSA) is 79.8 Å². The third-order valence-corrected chi connectivity index (χ3v) is 2.77. The molecule has 0 aliphatic rings. The van der Waals surface area contributed by atoms with Gasteiger partial charge in [0.2, 0.25) is 0 Å². The molecule has 5 heteroatoms. The molecular weight excluding hydrogens is 268 g/mol. The predicted octanol–water partition coefficient (Wildman–Crippen LogP) is 3.25. The summed E-state index contributed by atoms with van der Waals surface area (Å²) in [6.07, 6.45) is 9.91. The van der Waals surface area contributed by atoms with Crippen molar-refractivity contribution < 1.29 is 19.1 Å². The second kappa shape index (κ2) is 13.0. The Balaban J connectivity index is 4.01. The Kier molecular flexibility index (Phi) is 11.8. The van der Waals surface area contributed by atoms with Crippen molar-refractivity contribution in [1.29, 1.82) is 0 Å². The maximum Gasteiger partial charge on any atom is 0.441 e. The van der Waals surface area contributed by atoms with Crippen molar-refractivity contribution in [1.82, 2.24) is 0 Å². The third kappa shape index (κ3) is 9.55. The Morgan fingerprint density at radius 3 is 2.38 bits per heavy atom. The van der Waals surface area contributed by atoms with Gasteiger partial charge in [-0.1, -0.05) is 19.8 Å². The number of Topliss-reactive ketones (excluding diaryl/α,β-unsaturated/α-hetero) is 1. The number of unbranched alkanes of at least 4 members (excludes halogenated alkanes) is 4. The molecule has 21 heavy (non-hydrogen) atoms. The van der Waals surface area contributed by atoms with Crippen molar-refractivity contribution in [2.45, 2.75) is 58.8 Å². The van der Waals surface area contributed by atoms with Gasteiger partial charge in [-0.25, -0.2) is 4.79 Å². The van der Waals surface area contributed by atoms with Crippen molar-refractivity contribution in [3.05, 3.63) is 23.4 Å². The highest BCUT2D eigenvalue weighted by Crippen LogP contribution is 2.01. The Bertz CT molecular complexity index is 442. The molecule has 0 amide bonds. The molecule has 0 aliphatic heterocycles. The number of hydrogen-bond acceptors (Lipinski definition) is 3. The van der Waals surface area contributed by atoms with Crippen LogP contribution in [0.3, 0.4) is 0 Å². The van der Waals surface area contributed by atoms with Crippen LogP contribution in [0.5, 0.6) is 0 Å². The summed E-state index contributed by atoms with van der Waals surface area (Å²) in [4.78, 5) is 25.7. The second-order valence-electron chi connectivity index (χ2n) is 4.56. The van der Waals surface area contributed by atoms with Crippen LogP contribution in [0.15, 0.2) is 17.9 Å². The smallest absolute Gasteiger partial charge is 0.441 e. The van der Waals surface area contributed by atoms with Gasteiger partial charge >= 0.3 is 11.7 Å². The predicted molar refractivity (Wildman–Crippen MR) is 80.9 cm³/mol. The highest BCUT2D eigenvalue weighted by molar-refractivity contribution is 6.62. The molecule has 5 nitrogen and oxygen atoms in total. The number of esters is 1. The van der Waals surface area contributed by atoms with Crippen LogP contribution in [0, 0.1) is 0 Å². The fourth-order valence-corrected chi connectivity index (χ4v) is 1.64. The summed E-state index contributed by atoms with van der Waals surface area (Å²) in [5.41, 5.74) is 11.2. The minimum Gasteiger partial charge on any atom is -0.457 e. The average Bonchev–Trinajstić information content (AvgIpc) is 2.46. The minimum atomic E-state index is -0.878. The van der Waals surface area contributed by atoms with E-state index < -0.39 is 17.5 Å². The fourth-order valence-electron chi connectivity index (χ4n) is 1.64. The molecule has 0 aromatic heterocycles. The molecule has 116 valence electrons. The number of ketones is 1. The lowest BCUT2D eigenvalue weighted by atomic mass is 10.1. The maximum absolute atomic E-state index is 11.7. The number of nitrogens with zero attached hydrogens (tertiary/aromatic N) is 2. The van der Waals surface area contributed by atoms with Gasteiger partial charge in [0.1, 0.15) is 0 Å². The number of carbonyl (C=O) groups is 2. The van der Waals surface area contributed by atoms with Crippen LogP contribution in [0.2, 0.25) is 0 Å². The summed E-state index contributed by atoms with van der Waals surface area (Å²) < 4.78 is 4.63. The Morgan fingerprint density at radius 2 is 1.81 bits per heavy atom. The van der Waals surface area contributed by atoms with Gasteiger partial charge in [-0.05, 0) is 44.8 Å². The zero-order valence-electron chi connectivity index (χ0n) is 12.9. The highest BCUT2D eigenvalue weighted by atomic mass is 16.5. The third-order valence-electron chi connectivity index (χ3n) is 2.77. The lowest BCUT2D eigenvalue weighted by molar-refractivity contribution is -0.141. The van der Waals surface area contributed by atoms with Crippen LogP contribution in [0.25, 0.3) is 5.53 Å². The van der Waals surface area contributed by atoms with Crippen LogP contribution in [0.1, 0.15) is 58.8 Å². The Morgan fingerprint density at radius 1 is 1.14 bits per heavy atom. The van der Waals surface area contributed by atoms with E-state index in [9.17, 15) is 9.59 Å². The number of hydrogen-bond donors (Lipinski definition) is 0. The lowest BCUT2D eigenvalue weighted by Crippen LogP contribution is -2.27. The summed E-state index contributed by atoms with van der Waals surface area (Å²) >= 11 is 0.